The van der Waals surface area contributed by atoms with Crippen molar-refractivity contribution in [2.75, 3.05) is 23.7 Å². The summed E-state index contributed by atoms with van der Waals surface area (Å²) in [7, 11) is 0.127. The van der Waals surface area contributed by atoms with Gasteiger partial charge in [0, 0.05) is 25.5 Å². The number of hydrogen-bond donors (Lipinski definition) is 1. The van der Waals surface area contributed by atoms with Gasteiger partial charge in [0.15, 0.2) is 0 Å². The van der Waals surface area contributed by atoms with E-state index in [0.717, 1.165) is 11.4 Å². The molecule has 0 unspecified atom stereocenters. The van der Waals surface area contributed by atoms with Gasteiger partial charge in [-0.05, 0) is 50.2 Å². The number of benzene rings is 2. The molecule has 3 rings (SSSR count). The summed E-state index contributed by atoms with van der Waals surface area (Å²) < 4.78 is 30.2. The Labute approximate surface area is 154 Å². The summed E-state index contributed by atoms with van der Waals surface area (Å²) in [5, 5.41) is 4.42. The van der Waals surface area contributed by atoms with Gasteiger partial charge in [-0.1, -0.05) is 18.2 Å². The molecule has 0 atom stereocenters. The molecule has 0 saturated carbocycles. The van der Waals surface area contributed by atoms with Gasteiger partial charge >= 0.3 is 0 Å². The summed E-state index contributed by atoms with van der Waals surface area (Å²) in [5.74, 6) is 0. The average Bonchev–Trinajstić information content (AvgIpc) is 2.91. The van der Waals surface area contributed by atoms with Crippen LogP contribution in [0.2, 0.25) is 0 Å². The van der Waals surface area contributed by atoms with Crippen molar-refractivity contribution in [3.05, 3.63) is 66.0 Å². The van der Waals surface area contributed by atoms with Crippen LogP contribution in [-0.4, -0.2) is 32.3 Å². The van der Waals surface area contributed by atoms with Crippen LogP contribution in [0.5, 0.6) is 0 Å². The number of sulfonamides is 1. The third-order valence-corrected chi connectivity index (χ3v) is 5.76. The second-order valence-corrected chi connectivity index (χ2v) is 7.91. The van der Waals surface area contributed by atoms with Crippen molar-refractivity contribution in [3.8, 4) is 5.69 Å². The van der Waals surface area contributed by atoms with Crippen LogP contribution in [0, 0.1) is 13.8 Å². The third kappa shape index (κ3) is 3.43. The lowest BCUT2D eigenvalue weighted by molar-refractivity contribution is 0.600. The highest BCUT2D eigenvalue weighted by molar-refractivity contribution is 7.92. The zero-order valence-electron chi connectivity index (χ0n) is 15.3. The van der Waals surface area contributed by atoms with Crippen LogP contribution in [-0.2, 0) is 10.0 Å². The minimum atomic E-state index is -3.74. The maximum Gasteiger partial charge on any atom is 0.265 e. The highest BCUT2D eigenvalue weighted by Gasteiger charge is 2.25. The molecule has 0 fully saturated rings. The molecule has 0 aliphatic heterocycles. The molecule has 0 bridgehead atoms. The van der Waals surface area contributed by atoms with Crippen LogP contribution in [0.3, 0.4) is 0 Å². The minimum Gasteiger partial charge on any atom is -0.378 e. The fourth-order valence-electron chi connectivity index (χ4n) is 2.87. The molecule has 3 aromatic rings. The quantitative estimate of drug-likeness (QED) is 0.748. The number of anilines is 2. The van der Waals surface area contributed by atoms with Crippen LogP contribution >= 0.6 is 0 Å². The van der Waals surface area contributed by atoms with Crippen molar-refractivity contribution < 1.29 is 8.42 Å². The van der Waals surface area contributed by atoms with Gasteiger partial charge in [0.25, 0.3) is 10.0 Å². The number of nitrogens with one attached hydrogen (secondary N) is 1. The lowest BCUT2D eigenvalue weighted by atomic mass is 10.3. The van der Waals surface area contributed by atoms with E-state index in [-0.39, 0.29) is 4.90 Å². The molecular weight excluding hydrogens is 348 g/mol. The van der Waals surface area contributed by atoms with Gasteiger partial charge in [-0.25, -0.2) is 13.1 Å². The van der Waals surface area contributed by atoms with Gasteiger partial charge in [-0.3, -0.25) is 4.72 Å². The zero-order valence-corrected chi connectivity index (χ0v) is 16.1. The molecule has 0 amide bonds. The van der Waals surface area contributed by atoms with Gasteiger partial charge in [0.05, 0.1) is 17.1 Å². The fraction of sp³-hybridized carbons (Fsp3) is 0.211. The summed E-state index contributed by atoms with van der Waals surface area (Å²) in [6, 6.07) is 16.7. The Morgan fingerprint density at radius 3 is 2.15 bits per heavy atom. The van der Waals surface area contributed by atoms with E-state index in [4.69, 9.17) is 0 Å². The summed E-state index contributed by atoms with van der Waals surface area (Å²) >= 11 is 0. The van der Waals surface area contributed by atoms with Gasteiger partial charge in [-0.2, -0.15) is 5.10 Å². The van der Waals surface area contributed by atoms with E-state index in [1.807, 2.05) is 61.5 Å². The highest BCUT2D eigenvalue weighted by Crippen LogP contribution is 2.25. The van der Waals surface area contributed by atoms with E-state index in [0.29, 0.717) is 17.1 Å². The predicted molar refractivity (Wildman–Crippen MR) is 105 cm³/mol. The van der Waals surface area contributed by atoms with E-state index in [9.17, 15) is 8.42 Å². The molecule has 2 aromatic carbocycles. The molecule has 0 spiro atoms. The Balaban J connectivity index is 1.96. The lowest BCUT2D eigenvalue weighted by Gasteiger charge is -2.13. The van der Waals surface area contributed by atoms with E-state index >= 15 is 0 Å². The molecule has 1 aromatic heterocycles. The first kappa shape index (κ1) is 18.0. The van der Waals surface area contributed by atoms with Gasteiger partial charge in [0.2, 0.25) is 0 Å². The summed E-state index contributed by atoms with van der Waals surface area (Å²) in [4.78, 5) is 2.16. The number of rotatable bonds is 5. The average molecular weight is 370 g/mol. The Morgan fingerprint density at radius 2 is 1.58 bits per heavy atom. The van der Waals surface area contributed by atoms with E-state index in [1.165, 1.54) is 0 Å². The number of nitrogens with zero attached hydrogens (tertiary/aromatic N) is 3. The maximum atomic E-state index is 12.9. The SMILES string of the molecule is Cc1nn(-c2ccccc2)c(C)c1S(=O)(=O)Nc1ccc(N(C)C)cc1. The van der Waals surface area contributed by atoms with E-state index in [1.54, 1.807) is 30.7 Å². The number of hydrogen-bond acceptors (Lipinski definition) is 4. The standard InChI is InChI=1S/C19H22N4O2S/c1-14-19(15(2)23(20-14)18-8-6-5-7-9-18)26(24,25)21-16-10-12-17(13-11-16)22(3)4/h5-13,21H,1-4H3. The van der Waals surface area contributed by atoms with Crippen LogP contribution in [0.25, 0.3) is 5.69 Å². The number of aromatic nitrogens is 2. The molecular formula is C19H22N4O2S. The molecule has 6 nitrogen and oxygen atoms in total. The Kier molecular flexibility index (Phi) is 4.73. The van der Waals surface area contributed by atoms with Crippen molar-refractivity contribution in [3.63, 3.8) is 0 Å². The molecule has 0 aliphatic rings. The normalized spacial score (nSPS) is 11.4. The third-order valence-electron chi connectivity index (χ3n) is 4.13. The Hall–Kier alpha value is -2.80. The molecule has 1 N–H and O–H groups in total. The summed E-state index contributed by atoms with van der Waals surface area (Å²) in [6.45, 7) is 3.47. The van der Waals surface area contributed by atoms with Crippen LogP contribution in [0.4, 0.5) is 11.4 Å². The lowest BCUT2D eigenvalue weighted by Crippen LogP contribution is -2.15. The number of para-hydroxylation sites is 1. The summed E-state index contributed by atoms with van der Waals surface area (Å²) in [6.07, 6.45) is 0. The molecule has 0 aliphatic carbocycles. The van der Waals surface area contributed by atoms with Gasteiger partial charge in [-0.15, -0.1) is 0 Å². The van der Waals surface area contributed by atoms with Crippen molar-refractivity contribution in [1.82, 2.24) is 9.78 Å². The van der Waals surface area contributed by atoms with Crippen LogP contribution < -0.4 is 9.62 Å². The second-order valence-electron chi connectivity index (χ2n) is 6.29. The van der Waals surface area contributed by atoms with E-state index < -0.39 is 10.0 Å². The van der Waals surface area contributed by atoms with Gasteiger partial charge < -0.3 is 4.90 Å². The maximum absolute atomic E-state index is 12.9. The zero-order chi connectivity index (χ0) is 18.9. The van der Waals surface area contributed by atoms with Crippen LogP contribution in [0.15, 0.2) is 59.5 Å². The minimum absolute atomic E-state index is 0.207. The monoisotopic (exact) mass is 370 g/mol. The van der Waals surface area contributed by atoms with Crippen LogP contribution in [0.1, 0.15) is 11.4 Å². The predicted octanol–water partition coefficient (Wildman–Crippen LogP) is 3.36. The highest BCUT2D eigenvalue weighted by atomic mass is 32.2. The largest absolute Gasteiger partial charge is 0.378 e. The summed E-state index contributed by atoms with van der Waals surface area (Å²) in [5.41, 5.74) is 3.37. The molecule has 1 heterocycles. The van der Waals surface area contributed by atoms with E-state index in [2.05, 4.69) is 9.82 Å². The molecule has 26 heavy (non-hydrogen) atoms. The second kappa shape index (κ2) is 6.84. The van der Waals surface area contributed by atoms with Crippen molar-refractivity contribution in [2.45, 2.75) is 18.7 Å². The molecule has 0 radical (unpaired) electrons. The van der Waals surface area contributed by atoms with Crippen molar-refractivity contribution in [1.29, 1.82) is 0 Å². The Bertz CT molecular complexity index is 1010. The fourth-order valence-corrected chi connectivity index (χ4v) is 4.33. The van der Waals surface area contributed by atoms with Crippen molar-refractivity contribution >= 4 is 21.4 Å². The first-order valence-electron chi connectivity index (χ1n) is 8.21. The molecule has 7 heteroatoms. The van der Waals surface area contributed by atoms with Gasteiger partial charge in [0.1, 0.15) is 4.90 Å². The molecule has 136 valence electrons. The first-order valence-corrected chi connectivity index (χ1v) is 9.70. The topological polar surface area (TPSA) is 67.2 Å². The number of aryl methyl sites for hydroxylation is 1. The Morgan fingerprint density at radius 1 is 0.962 bits per heavy atom. The smallest absolute Gasteiger partial charge is 0.265 e. The molecule has 0 saturated heterocycles. The first-order chi connectivity index (χ1) is 12.3. The van der Waals surface area contributed by atoms with Crippen molar-refractivity contribution in [2.24, 2.45) is 0 Å².